The van der Waals surface area contributed by atoms with Crippen LogP contribution in [0.5, 0.6) is 0 Å². The summed E-state index contributed by atoms with van der Waals surface area (Å²) < 4.78 is 0. The third kappa shape index (κ3) is 1.89. The lowest BCUT2D eigenvalue weighted by Crippen LogP contribution is -2.00. The predicted molar refractivity (Wildman–Crippen MR) is 66.3 cm³/mol. The van der Waals surface area contributed by atoms with Crippen LogP contribution in [0.1, 0.15) is 0 Å². The highest BCUT2D eigenvalue weighted by Gasteiger charge is 2.11. The molecule has 0 fully saturated rings. The van der Waals surface area contributed by atoms with E-state index in [9.17, 15) is 0 Å². The molecule has 6 heteroatoms. The van der Waals surface area contributed by atoms with Gasteiger partial charge in [0.2, 0.25) is 0 Å². The number of nitrogens with zero attached hydrogens (tertiary/aromatic N) is 2. The molecule has 0 aliphatic heterocycles. The van der Waals surface area contributed by atoms with E-state index in [0.29, 0.717) is 27.0 Å². The lowest BCUT2D eigenvalue weighted by molar-refractivity contribution is 1.05. The Morgan fingerprint density at radius 1 is 1.06 bits per heavy atom. The van der Waals surface area contributed by atoms with E-state index in [4.69, 9.17) is 34.7 Å². The second kappa shape index (κ2) is 4.15. The lowest BCUT2D eigenvalue weighted by Gasteiger charge is -2.07. The molecule has 2 aromatic rings. The molecule has 0 saturated heterocycles. The van der Waals surface area contributed by atoms with Crippen molar-refractivity contribution in [3.63, 3.8) is 0 Å². The molecule has 0 atom stereocenters. The third-order valence-electron chi connectivity index (χ3n) is 2.05. The third-order valence-corrected chi connectivity index (χ3v) is 2.87. The molecule has 0 aliphatic carbocycles. The standard InChI is InChI=1S/C10H8Cl2N4/c11-6-3-1-2-5(9(6)12)10-7(13)4-8(14)15-16-10/h1-4H,(H4,13,14,15). The molecule has 0 unspecified atom stereocenters. The molecule has 0 aliphatic rings. The van der Waals surface area contributed by atoms with Crippen LogP contribution in [0, 0.1) is 0 Å². The fourth-order valence-electron chi connectivity index (χ4n) is 1.32. The molecule has 0 radical (unpaired) electrons. The van der Waals surface area contributed by atoms with Crippen LogP contribution in [0.4, 0.5) is 11.5 Å². The maximum Gasteiger partial charge on any atom is 0.148 e. The summed E-state index contributed by atoms with van der Waals surface area (Å²) in [6.45, 7) is 0. The van der Waals surface area contributed by atoms with Gasteiger partial charge in [0.1, 0.15) is 11.5 Å². The van der Waals surface area contributed by atoms with Crippen LogP contribution in [0.2, 0.25) is 10.0 Å². The summed E-state index contributed by atoms with van der Waals surface area (Å²) in [5.41, 5.74) is 12.8. The number of anilines is 2. The van der Waals surface area contributed by atoms with Crippen LogP contribution < -0.4 is 11.5 Å². The van der Waals surface area contributed by atoms with Crippen molar-refractivity contribution in [2.24, 2.45) is 0 Å². The second-order valence-corrected chi connectivity index (χ2v) is 3.96. The van der Waals surface area contributed by atoms with Gasteiger partial charge in [0.25, 0.3) is 0 Å². The molecule has 1 aromatic carbocycles. The van der Waals surface area contributed by atoms with Crippen LogP contribution in [0.25, 0.3) is 11.3 Å². The first-order chi connectivity index (χ1) is 7.59. The van der Waals surface area contributed by atoms with Crippen LogP contribution in [-0.4, -0.2) is 10.2 Å². The van der Waals surface area contributed by atoms with E-state index in [2.05, 4.69) is 10.2 Å². The molecular weight excluding hydrogens is 247 g/mol. The Morgan fingerprint density at radius 2 is 1.81 bits per heavy atom. The van der Waals surface area contributed by atoms with Gasteiger partial charge in [-0.25, -0.2) is 0 Å². The van der Waals surface area contributed by atoms with Gasteiger partial charge in [0.15, 0.2) is 0 Å². The summed E-state index contributed by atoms with van der Waals surface area (Å²) >= 11 is 12.0. The van der Waals surface area contributed by atoms with Gasteiger partial charge in [0, 0.05) is 11.6 Å². The van der Waals surface area contributed by atoms with Crippen molar-refractivity contribution in [1.82, 2.24) is 10.2 Å². The van der Waals surface area contributed by atoms with Crippen LogP contribution in [0.15, 0.2) is 24.3 Å². The number of benzene rings is 1. The maximum absolute atomic E-state index is 6.05. The molecule has 0 spiro atoms. The van der Waals surface area contributed by atoms with Crippen molar-refractivity contribution in [3.05, 3.63) is 34.3 Å². The fourth-order valence-corrected chi connectivity index (χ4v) is 1.71. The Balaban J connectivity index is 2.63. The van der Waals surface area contributed by atoms with E-state index in [-0.39, 0.29) is 5.82 Å². The van der Waals surface area contributed by atoms with Gasteiger partial charge >= 0.3 is 0 Å². The van der Waals surface area contributed by atoms with E-state index < -0.39 is 0 Å². The molecule has 4 N–H and O–H groups in total. The number of nitrogens with two attached hydrogens (primary N) is 2. The van der Waals surface area contributed by atoms with Crippen molar-refractivity contribution in [2.75, 3.05) is 11.5 Å². The predicted octanol–water partition coefficient (Wildman–Crippen LogP) is 2.61. The van der Waals surface area contributed by atoms with Gasteiger partial charge in [-0.2, -0.15) is 0 Å². The van der Waals surface area contributed by atoms with Crippen molar-refractivity contribution in [3.8, 4) is 11.3 Å². The minimum atomic E-state index is 0.263. The molecular formula is C10H8Cl2N4. The highest BCUT2D eigenvalue weighted by Crippen LogP contribution is 2.34. The minimum Gasteiger partial charge on any atom is -0.397 e. The molecule has 0 bridgehead atoms. The SMILES string of the molecule is Nc1cc(N)c(-c2cccc(Cl)c2Cl)nn1. The minimum absolute atomic E-state index is 0.263. The first-order valence-electron chi connectivity index (χ1n) is 4.42. The Hall–Kier alpha value is -1.52. The summed E-state index contributed by atoms with van der Waals surface area (Å²) in [4.78, 5) is 0. The van der Waals surface area contributed by atoms with Crippen molar-refractivity contribution < 1.29 is 0 Å². The summed E-state index contributed by atoms with van der Waals surface area (Å²) in [5.74, 6) is 0.263. The van der Waals surface area contributed by atoms with Crippen LogP contribution >= 0.6 is 23.2 Å². The average molecular weight is 255 g/mol. The Labute approximate surface area is 102 Å². The molecule has 4 nitrogen and oxygen atoms in total. The fraction of sp³-hybridized carbons (Fsp3) is 0. The van der Waals surface area contributed by atoms with Gasteiger partial charge in [-0.1, -0.05) is 35.3 Å². The van der Waals surface area contributed by atoms with Gasteiger partial charge in [0.05, 0.1) is 15.7 Å². The molecule has 82 valence electrons. The molecule has 0 saturated carbocycles. The smallest absolute Gasteiger partial charge is 0.148 e. The highest BCUT2D eigenvalue weighted by molar-refractivity contribution is 6.43. The van der Waals surface area contributed by atoms with Gasteiger partial charge in [-0.15, -0.1) is 10.2 Å². The number of hydrogen-bond acceptors (Lipinski definition) is 4. The summed E-state index contributed by atoms with van der Waals surface area (Å²) in [6, 6.07) is 6.75. The van der Waals surface area contributed by atoms with Crippen molar-refractivity contribution in [1.29, 1.82) is 0 Å². The van der Waals surface area contributed by atoms with E-state index in [1.165, 1.54) is 6.07 Å². The number of nitrogen functional groups attached to an aromatic ring is 2. The highest BCUT2D eigenvalue weighted by atomic mass is 35.5. The zero-order chi connectivity index (χ0) is 11.7. The first-order valence-corrected chi connectivity index (χ1v) is 5.18. The van der Waals surface area contributed by atoms with Gasteiger partial charge in [-0.3, -0.25) is 0 Å². The summed E-state index contributed by atoms with van der Waals surface area (Å²) in [7, 11) is 0. The first kappa shape index (κ1) is 11.0. The Morgan fingerprint density at radius 3 is 2.50 bits per heavy atom. The summed E-state index contributed by atoms with van der Waals surface area (Å²) in [6.07, 6.45) is 0. The molecule has 0 amide bonds. The topological polar surface area (TPSA) is 77.8 Å². The lowest BCUT2D eigenvalue weighted by atomic mass is 10.1. The van der Waals surface area contributed by atoms with Crippen LogP contribution in [-0.2, 0) is 0 Å². The van der Waals surface area contributed by atoms with E-state index in [1.807, 2.05) is 0 Å². The zero-order valence-corrected chi connectivity index (χ0v) is 9.63. The van der Waals surface area contributed by atoms with Crippen LogP contribution in [0.3, 0.4) is 0 Å². The number of aromatic nitrogens is 2. The Bertz CT molecular complexity index is 542. The normalized spacial score (nSPS) is 10.4. The zero-order valence-electron chi connectivity index (χ0n) is 8.11. The molecule has 16 heavy (non-hydrogen) atoms. The number of rotatable bonds is 1. The molecule has 1 heterocycles. The molecule has 1 aromatic heterocycles. The van der Waals surface area contributed by atoms with E-state index in [0.717, 1.165) is 0 Å². The van der Waals surface area contributed by atoms with Crippen molar-refractivity contribution in [2.45, 2.75) is 0 Å². The Kier molecular flexibility index (Phi) is 2.85. The number of hydrogen-bond donors (Lipinski definition) is 2. The average Bonchev–Trinajstić information content (AvgIpc) is 2.23. The number of halogens is 2. The van der Waals surface area contributed by atoms with E-state index in [1.54, 1.807) is 18.2 Å². The second-order valence-electron chi connectivity index (χ2n) is 3.17. The molecule has 2 rings (SSSR count). The van der Waals surface area contributed by atoms with E-state index >= 15 is 0 Å². The largest absolute Gasteiger partial charge is 0.397 e. The summed E-state index contributed by atoms with van der Waals surface area (Å²) in [5, 5.41) is 8.48. The van der Waals surface area contributed by atoms with Crippen molar-refractivity contribution >= 4 is 34.7 Å². The quantitative estimate of drug-likeness (QED) is 0.820. The van der Waals surface area contributed by atoms with Gasteiger partial charge < -0.3 is 11.5 Å². The maximum atomic E-state index is 6.05. The monoisotopic (exact) mass is 254 g/mol. The van der Waals surface area contributed by atoms with Gasteiger partial charge in [-0.05, 0) is 6.07 Å².